The van der Waals surface area contributed by atoms with Crippen LogP contribution in [0.15, 0.2) is 6.33 Å². The van der Waals surface area contributed by atoms with Crippen molar-refractivity contribution in [3.8, 4) is 0 Å². The largest absolute Gasteiger partial charge is 0.339 e. The minimum Gasteiger partial charge on any atom is -0.339 e. The molecule has 0 radical (unpaired) electrons. The highest BCUT2D eigenvalue weighted by molar-refractivity contribution is 5.83. The minimum atomic E-state index is -0.205. The van der Waals surface area contributed by atoms with Gasteiger partial charge in [0.15, 0.2) is 0 Å². The fourth-order valence-electron chi connectivity index (χ4n) is 3.22. The van der Waals surface area contributed by atoms with E-state index in [4.69, 9.17) is 0 Å². The van der Waals surface area contributed by atoms with Crippen LogP contribution in [0, 0.1) is 5.41 Å². The fourth-order valence-corrected chi connectivity index (χ4v) is 3.22. The normalized spacial score (nSPS) is 28.1. The molecule has 2 aliphatic heterocycles. The Hall–Kier alpha value is -1.63. The quantitative estimate of drug-likeness (QED) is 0.811. The highest BCUT2D eigenvalue weighted by atomic mass is 16.2. The lowest BCUT2D eigenvalue weighted by molar-refractivity contribution is -0.140. The third-order valence-corrected chi connectivity index (χ3v) is 4.45. The zero-order valence-corrected chi connectivity index (χ0v) is 12.2. The molecule has 0 bridgehead atoms. The lowest BCUT2D eigenvalue weighted by Crippen LogP contribution is -2.53. The van der Waals surface area contributed by atoms with E-state index in [1.807, 2.05) is 4.90 Å². The number of H-pyrrole nitrogens is 1. The predicted octanol–water partition coefficient (Wildman–Crippen LogP) is -0.205. The van der Waals surface area contributed by atoms with Crippen LogP contribution < -0.4 is 4.90 Å². The Balaban J connectivity index is 1.59. The van der Waals surface area contributed by atoms with E-state index in [0.29, 0.717) is 5.91 Å². The van der Waals surface area contributed by atoms with Gasteiger partial charge in [-0.25, -0.2) is 5.10 Å². The van der Waals surface area contributed by atoms with E-state index in [-0.39, 0.29) is 5.41 Å². The maximum absolute atomic E-state index is 12.7. The number of anilines is 1. The van der Waals surface area contributed by atoms with Gasteiger partial charge in [-0.15, -0.1) is 0 Å². The number of carbonyl (C=O) groups is 1. The average Bonchev–Trinajstić information content (AvgIpc) is 3.09. The summed E-state index contributed by atoms with van der Waals surface area (Å²) in [6, 6.07) is 0. The van der Waals surface area contributed by atoms with Crippen molar-refractivity contribution in [1.82, 2.24) is 25.0 Å². The Morgan fingerprint density at radius 3 is 2.60 bits per heavy atom. The monoisotopic (exact) mass is 278 g/mol. The molecule has 1 aromatic heterocycles. The minimum absolute atomic E-state index is 0.205. The van der Waals surface area contributed by atoms with Crippen LogP contribution in [-0.2, 0) is 4.79 Å². The predicted molar refractivity (Wildman–Crippen MR) is 75.4 cm³/mol. The van der Waals surface area contributed by atoms with Crippen LogP contribution >= 0.6 is 0 Å². The number of hydrogen-bond donors (Lipinski definition) is 1. The topological polar surface area (TPSA) is 68.4 Å². The molecule has 3 rings (SSSR count). The van der Waals surface area contributed by atoms with Crippen LogP contribution in [0.3, 0.4) is 0 Å². The molecule has 7 heteroatoms. The van der Waals surface area contributed by atoms with E-state index in [0.717, 1.165) is 51.6 Å². The molecule has 2 saturated heterocycles. The standard InChI is InChI=1S/C13H22N6O/c1-13(3-4-17(2)9-13)11(20)18-5-7-19(8-6-18)12-14-10-15-16-12/h10H,3-9H2,1-2H3,(H,14,15,16)/t13-/m1/s1. The molecule has 1 N–H and O–H groups in total. The third kappa shape index (κ3) is 2.37. The van der Waals surface area contributed by atoms with Gasteiger partial charge >= 0.3 is 0 Å². The smallest absolute Gasteiger partial charge is 0.229 e. The molecular formula is C13H22N6O. The molecule has 2 fully saturated rings. The summed E-state index contributed by atoms with van der Waals surface area (Å²) in [6.45, 7) is 7.13. The maximum atomic E-state index is 12.7. The van der Waals surface area contributed by atoms with Crippen LogP contribution in [0.1, 0.15) is 13.3 Å². The first-order valence-corrected chi connectivity index (χ1v) is 7.17. The molecule has 110 valence electrons. The number of amides is 1. The Kier molecular flexibility index (Phi) is 3.37. The van der Waals surface area contributed by atoms with Crippen molar-refractivity contribution in [2.45, 2.75) is 13.3 Å². The van der Waals surface area contributed by atoms with E-state index in [1.165, 1.54) is 6.33 Å². The number of likely N-dealkylation sites (tertiary alicyclic amines) is 1. The second-order valence-electron chi connectivity index (χ2n) is 6.14. The number of carbonyl (C=O) groups excluding carboxylic acids is 1. The Bertz CT molecular complexity index is 467. The Morgan fingerprint density at radius 1 is 1.30 bits per heavy atom. The van der Waals surface area contributed by atoms with E-state index < -0.39 is 0 Å². The van der Waals surface area contributed by atoms with Gasteiger partial charge in [-0.2, -0.15) is 10.1 Å². The maximum Gasteiger partial charge on any atom is 0.229 e. The van der Waals surface area contributed by atoms with Crippen molar-refractivity contribution in [2.75, 3.05) is 51.2 Å². The molecule has 0 aliphatic carbocycles. The summed E-state index contributed by atoms with van der Waals surface area (Å²) in [7, 11) is 2.08. The van der Waals surface area contributed by atoms with Gasteiger partial charge in [0.2, 0.25) is 11.9 Å². The summed E-state index contributed by atoms with van der Waals surface area (Å²) < 4.78 is 0. The lowest BCUT2D eigenvalue weighted by atomic mass is 9.88. The molecule has 1 aromatic rings. The van der Waals surface area contributed by atoms with Crippen molar-refractivity contribution in [2.24, 2.45) is 5.41 Å². The number of aromatic amines is 1. The van der Waals surface area contributed by atoms with Crippen molar-refractivity contribution in [3.63, 3.8) is 0 Å². The van der Waals surface area contributed by atoms with Crippen LogP contribution in [-0.4, -0.2) is 77.2 Å². The molecule has 3 heterocycles. The Morgan fingerprint density at radius 2 is 2.05 bits per heavy atom. The van der Waals surface area contributed by atoms with E-state index in [2.05, 4.69) is 39.0 Å². The zero-order valence-electron chi connectivity index (χ0n) is 12.2. The highest BCUT2D eigenvalue weighted by Gasteiger charge is 2.42. The number of nitrogens with one attached hydrogen (secondary N) is 1. The summed E-state index contributed by atoms with van der Waals surface area (Å²) in [6.07, 6.45) is 2.48. The van der Waals surface area contributed by atoms with Crippen LogP contribution in [0.25, 0.3) is 0 Å². The molecular weight excluding hydrogens is 256 g/mol. The molecule has 0 saturated carbocycles. The summed E-state index contributed by atoms with van der Waals surface area (Å²) in [4.78, 5) is 23.2. The summed E-state index contributed by atoms with van der Waals surface area (Å²) in [5.41, 5.74) is -0.205. The first-order valence-electron chi connectivity index (χ1n) is 7.17. The van der Waals surface area contributed by atoms with Gasteiger partial charge in [0.05, 0.1) is 5.41 Å². The zero-order chi connectivity index (χ0) is 14.2. The van der Waals surface area contributed by atoms with Crippen molar-refractivity contribution in [1.29, 1.82) is 0 Å². The average molecular weight is 278 g/mol. The molecule has 0 spiro atoms. The third-order valence-electron chi connectivity index (χ3n) is 4.45. The molecule has 20 heavy (non-hydrogen) atoms. The summed E-state index contributed by atoms with van der Waals surface area (Å²) in [5, 5.41) is 6.74. The van der Waals surface area contributed by atoms with Gasteiger partial charge in [0, 0.05) is 32.7 Å². The number of aromatic nitrogens is 3. The first-order chi connectivity index (χ1) is 9.58. The molecule has 1 amide bonds. The van der Waals surface area contributed by atoms with Gasteiger partial charge in [0.1, 0.15) is 6.33 Å². The van der Waals surface area contributed by atoms with Crippen molar-refractivity contribution >= 4 is 11.9 Å². The summed E-state index contributed by atoms with van der Waals surface area (Å²) >= 11 is 0. The molecule has 0 aromatic carbocycles. The van der Waals surface area contributed by atoms with Gasteiger partial charge < -0.3 is 14.7 Å². The van der Waals surface area contributed by atoms with Gasteiger partial charge in [-0.05, 0) is 26.9 Å². The molecule has 2 aliphatic rings. The van der Waals surface area contributed by atoms with Gasteiger partial charge in [0.25, 0.3) is 0 Å². The SMILES string of the molecule is CN1CC[C@@](C)(C(=O)N2CCN(c3ncn[nH]3)CC2)C1. The van der Waals surface area contributed by atoms with E-state index in [9.17, 15) is 4.79 Å². The lowest BCUT2D eigenvalue weighted by Gasteiger charge is -2.38. The summed E-state index contributed by atoms with van der Waals surface area (Å²) in [5.74, 6) is 1.10. The second kappa shape index (κ2) is 5.05. The van der Waals surface area contributed by atoms with Crippen molar-refractivity contribution in [3.05, 3.63) is 6.33 Å². The van der Waals surface area contributed by atoms with Gasteiger partial charge in [-0.3, -0.25) is 4.79 Å². The van der Waals surface area contributed by atoms with E-state index >= 15 is 0 Å². The molecule has 1 atom stereocenters. The number of rotatable bonds is 2. The Labute approximate surface area is 118 Å². The molecule has 0 unspecified atom stereocenters. The number of hydrogen-bond acceptors (Lipinski definition) is 5. The number of nitrogens with zero attached hydrogens (tertiary/aromatic N) is 5. The second-order valence-corrected chi connectivity index (χ2v) is 6.14. The highest BCUT2D eigenvalue weighted by Crippen LogP contribution is 2.31. The van der Waals surface area contributed by atoms with Crippen LogP contribution in [0.5, 0.6) is 0 Å². The first kappa shape index (κ1) is 13.4. The fraction of sp³-hybridized carbons (Fsp3) is 0.769. The number of piperazine rings is 1. The van der Waals surface area contributed by atoms with Gasteiger partial charge in [-0.1, -0.05) is 0 Å². The van der Waals surface area contributed by atoms with Crippen molar-refractivity contribution < 1.29 is 4.79 Å². The molecule has 7 nitrogen and oxygen atoms in total. The van der Waals surface area contributed by atoms with Crippen LogP contribution in [0.4, 0.5) is 5.95 Å². The van der Waals surface area contributed by atoms with E-state index in [1.54, 1.807) is 0 Å². The van der Waals surface area contributed by atoms with Crippen LogP contribution in [0.2, 0.25) is 0 Å².